The van der Waals surface area contributed by atoms with Crippen LogP contribution in [0.25, 0.3) is 0 Å². The van der Waals surface area contributed by atoms with Crippen LogP contribution in [0, 0.1) is 0 Å². The van der Waals surface area contributed by atoms with Crippen LogP contribution >= 0.6 is 11.6 Å². The van der Waals surface area contributed by atoms with Gasteiger partial charge in [0.15, 0.2) is 11.5 Å². The number of hydrogen-bond donors (Lipinski definition) is 1. The van der Waals surface area contributed by atoms with E-state index in [9.17, 15) is 5.11 Å². The maximum Gasteiger partial charge on any atom is 0.176 e. The van der Waals surface area contributed by atoms with Crippen LogP contribution in [0.4, 0.5) is 0 Å². The van der Waals surface area contributed by atoms with Crippen molar-refractivity contribution in [3.8, 4) is 11.5 Å². The fourth-order valence-electron chi connectivity index (χ4n) is 1.81. The van der Waals surface area contributed by atoms with E-state index < -0.39 is 0 Å². The first kappa shape index (κ1) is 12.0. The van der Waals surface area contributed by atoms with Crippen LogP contribution in [0.5, 0.6) is 11.5 Å². The topological polar surface area (TPSA) is 45.1 Å². The molecule has 2 rings (SSSR count). The van der Waals surface area contributed by atoms with Crippen molar-refractivity contribution < 1.29 is 9.84 Å². The molecule has 0 fully saturated rings. The number of halogens is 1. The predicted molar refractivity (Wildman–Crippen MR) is 68.3 cm³/mol. The standard InChI is InChI=1S/C12H15ClN2O2/c1-3-17-10-7-8(6-9(13)11(10)16)12-14-4-5-15(12)2/h6-7,16H,3-5H2,1-2H3. The quantitative estimate of drug-likeness (QED) is 0.899. The van der Waals surface area contributed by atoms with Gasteiger partial charge in [0, 0.05) is 19.2 Å². The van der Waals surface area contributed by atoms with Crippen LogP contribution in [0.15, 0.2) is 17.1 Å². The van der Waals surface area contributed by atoms with Crippen molar-refractivity contribution in [1.82, 2.24) is 4.90 Å². The Morgan fingerprint density at radius 2 is 2.29 bits per heavy atom. The lowest BCUT2D eigenvalue weighted by Gasteiger charge is -2.16. The zero-order chi connectivity index (χ0) is 12.4. The molecule has 1 aromatic carbocycles. The number of ether oxygens (including phenoxy) is 1. The third-order valence-electron chi connectivity index (χ3n) is 2.65. The average Bonchev–Trinajstić information content (AvgIpc) is 2.71. The Hall–Kier alpha value is -1.42. The van der Waals surface area contributed by atoms with Gasteiger partial charge in [-0.25, -0.2) is 0 Å². The molecule has 1 aliphatic heterocycles. The lowest BCUT2D eigenvalue weighted by atomic mass is 10.1. The summed E-state index contributed by atoms with van der Waals surface area (Å²) in [6, 6.07) is 3.48. The fraction of sp³-hybridized carbons (Fsp3) is 0.417. The Morgan fingerprint density at radius 1 is 1.53 bits per heavy atom. The molecule has 0 aliphatic carbocycles. The number of phenols is 1. The van der Waals surface area contributed by atoms with Gasteiger partial charge in [-0.3, -0.25) is 4.99 Å². The number of benzene rings is 1. The third kappa shape index (κ3) is 2.31. The minimum absolute atomic E-state index is 0.0153. The van der Waals surface area contributed by atoms with Crippen molar-refractivity contribution in [1.29, 1.82) is 0 Å². The number of phenolic OH excluding ortho intramolecular Hbond substituents is 1. The summed E-state index contributed by atoms with van der Waals surface area (Å²) in [6.45, 7) is 4.03. The van der Waals surface area contributed by atoms with Crippen molar-refractivity contribution in [2.45, 2.75) is 6.92 Å². The average molecular weight is 255 g/mol. The van der Waals surface area contributed by atoms with Crippen LogP contribution < -0.4 is 4.74 Å². The van der Waals surface area contributed by atoms with Gasteiger partial charge in [-0.1, -0.05) is 11.6 Å². The van der Waals surface area contributed by atoms with Gasteiger partial charge in [0.25, 0.3) is 0 Å². The van der Waals surface area contributed by atoms with E-state index >= 15 is 0 Å². The number of nitrogens with zero attached hydrogens (tertiary/aromatic N) is 2. The molecule has 1 heterocycles. The number of aromatic hydroxyl groups is 1. The molecule has 1 aliphatic rings. The van der Waals surface area contributed by atoms with Crippen LogP contribution in [0.1, 0.15) is 12.5 Å². The summed E-state index contributed by atoms with van der Waals surface area (Å²) >= 11 is 5.98. The monoisotopic (exact) mass is 254 g/mol. The van der Waals surface area contributed by atoms with Gasteiger partial charge in [-0.05, 0) is 19.1 Å². The zero-order valence-corrected chi connectivity index (χ0v) is 10.7. The summed E-state index contributed by atoms with van der Waals surface area (Å²) < 4.78 is 5.34. The van der Waals surface area contributed by atoms with Crippen LogP contribution in [-0.2, 0) is 0 Å². The molecule has 4 nitrogen and oxygen atoms in total. The third-order valence-corrected chi connectivity index (χ3v) is 2.93. The summed E-state index contributed by atoms with van der Waals surface area (Å²) in [5.74, 6) is 1.27. The summed E-state index contributed by atoms with van der Waals surface area (Å²) in [6.07, 6.45) is 0. The number of hydrogen-bond acceptors (Lipinski definition) is 4. The highest BCUT2D eigenvalue weighted by atomic mass is 35.5. The van der Waals surface area contributed by atoms with Crippen molar-refractivity contribution in [3.63, 3.8) is 0 Å². The molecule has 0 atom stereocenters. The second-order valence-electron chi connectivity index (χ2n) is 3.86. The normalized spacial score (nSPS) is 15.0. The van der Waals surface area contributed by atoms with Crippen molar-refractivity contribution in [2.24, 2.45) is 4.99 Å². The van der Waals surface area contributed by atoms with E-state index in [1.807, 2.05) is 14.0 Å². The first-order chi connectivity index (χ1) is 8.13. The number of aliphatic imine (C=N–C) groups is 1. The Morgan fingerprint density at radius 3 is 2.88 bits per heavy atom. The molecular weight excluding hydrogens is 240 g/mol. The van der Waals surface area contributed by atoms with Gasteiger partial charge in [0.1, 0.15) is 5.84 Å². The molecule has 1 aromatic rings. The van der Waals surface area contributed by atoms with E-state index in [4.69, 9.17) is 16.3 Å². The maximum atomic E-state index is 9.75. The molecule has 0 radical (unpaired) electrons. The summed E-state index contributed by atoms with van der Waals surface area (Å²) in [7, 11) is 1.98. The highest BCUT2D eigenvalue weighted by molar-refractivity contribution is 6.32. The lowest BCUT2D eigenvalue weighted by molar-refractivity contribution is 0.318. The van der Waals surface area contributed by atoms with E-state index in [1.54, 1.807) is 12.1 Å². The summed E-state index contributed by atoms with van der Waals surface area (Å²) in [4.78, 5) is 6.46. The van der Waals surface area contributed by atoms with E-state index in [2.05, 4.69) is 9.89 Å². The predicted octanol–water partition coefficient (Wildman–Crippen LogP) is 2.14. The van der Waals surface area contributed by atoms with Crippen molar-refractivity contribution in [3.05, 3.63) is 22.7 Å². The number of rotatable bonds is 3. The highest BCUT2D eigenvalue weighted by Crippen LogP contribution is 2.35. The first-order valence-electron chi connectivity index (χ1n) is 5.54. The Bertz CT molecular complexity index is 460. The van der Waals surface area contributed by atoms with E-state index in [0.717, 1.165) is 24.5 Å². The van der Waals surface area contributed by atoms with Gasteiger partial charge in [-0.2, -0.15) is 0 Å². The largest absolute Gasteiger partial charge is 0.503 e. The molecule has 0 amide bonds. The Balaban J connectivity index is 2.42. The fourth-order valence-corrected chi connectivity index (χ4v) is 2.02. The first-order valence-corrected chi connectivity index (χ1v) is 5.92. The second-order valence-corrected chi connectivity index (χ2v) is 4.27. The molecule has 0 spiro atoms. The lowest BCUT2D eigenvalue weighted by Crippen LogP contribution is -2.23. The van der Waals surface area contributed by atoms with E-state index in [0.29, 0.717) is 12.4 Å². The number of amidine groups is 1. The van der Waals surface area contributed by atoms with Crippen LogP contribution in [-0.4, -0.2) is 42.6 Å². The molecule has 0 unspecified atom stereocenters. The number of likely N-dealkylation sites (N-methyl/N-ethyl adjacent to an activating group) is 1. The molecule has 5 heteroatoms. The molecule has 0 saturated carbocycles. The van der Waals surface area contributed by atoms with E-state index in [-0.39, 0.29) is 10.8 Å². The molecule has 0 bridgehead atoms. The zero-order valence-electron chi connectivity index (χ0n) is 9.90. The van der Waals surface area contributed by atoms with Crippen LogP contribution in [0.2, 0.25) is 5.02 Å². The SMILES string of the molecule is CCOc1cc(C2=NCCN2C)cc(Cl)c1O. The Labute approximate surface area is 105 Å². The van der Waals surface area contributed by atoms with Crippen molar-refractivity contribution >= 4 is 17.4 Å². The van der Waals surface area contributed by atoms with Gasteiger partial charge in [-0.15, -0.1) is 0 Å². The summed E-state index contributed by atoms with van der Waals surface area (Å²) in [5, 5.41) is 10.0. The summed E-state index contributed by atoms with van der Waals surface area (Å²) in [5.41, 5.74) is 0.872. The van der Waals surface area contributed by atoms with Gasteiger partial charge in [0.2, 0.25) is 0 Å². The molecular formula is C12H15ClN2O2. The van der Waals surface area contributed by atoms with Gasteiger partial charge >= 0.3 is 0 Å². The molecule has 0 saturated heterocycles. The molecule has 92 valence electrons. The molecule has 1 N–H and O–H groups in total. The molecule has 17 heavy (non-hydrogen) atoms. The van der Waals surface area contributed by atoms with Crippen LogP contribution in [0.3, 0.4) is 0 Å². The maximum absolute atomic E-state index is 9.75. The highest BCUT2D eigenvalue weighted by Gasteiger charge is 2.18. The van der Waals surface area contributed by atoms with Gasteiger partial charge in [0.05, 0.1) is 18.2 Å². The minimum atomic E-state index is -0.0153. The smallest absolute Gasteiger partial charge is 0.176 e. The molecule has 0 aromatic heterocycles. The van der Waals surface area contributed by atoms with E-state index in [1.165, 1.54) is 0 Å². The van der Waals surface area contributed by atoms with Gasteiger partial charge < -0.3 is 14.7 Å². The minimum Gasteiger partial charge on any atom is -0.503 e. The second kappa shape index (κ2) is 4.84. The Kier molecular flexibility index (Phi) is 3.43. The van der Waals surface area contributed by atoms with Crippen molar-refractivity contribution in [2.75, 3.05) is 26.7 Å².